The molecule has 76 valence electrons. The smallest absolute Gasteiger partial charge is 0.00159 e. The van der Waals surface area contributed by atoms with E-state index in [1.54, 1.807) is 0 Å². The van der Waals surface area contributed by atoms with Gasteiger partial charge in [0.1, 0.15) is 0 Å². The first-order chi connectivity index (χ1) is 6.10. The van der Waals surface area contributed by atoms with Crippen molar-refractivity contribution < 1.29 is 0 Å². The Morgan fingerprint density at radius 2 is 1.92 bits per heavy atom. The molecule has 1 fully saturated rings. The van der Waals surface area contributed by atoms with Gasteiger partial charge in [-0.05, 0) is 43.8 Å². The first-order valence-corrected chi connectivity index (χ1v) is 5.46. The molecule has 1 rings (SSSR count). The second-order valence-electron chi connectivity index (χ2n) is 4.73. The highest BCUT2D eigenvalue weighted by Gasteiger charge is 2.29. The van der Waals surface area contributed by atoms with Gasteiger partial charge in [0.15, 0.2) is 0 Å². The molecule has 13 heavy (non-hydrogen) atoms. The van der Waals surface area contributed by atoms with E-state index < -0.39 is 0 Å². The predicted molar refractivity (Wildman–Crippen MR) is 58.8 cm³/mol. The molecule has 0 aromatic rings. The fraction of sp³-hybridized carbons (Fsp3) is 0.833. The number of likely N-dealkylation sites (tertiary alicyclic amines) is 1. The Bertz CT molecular complexity index is 164. The molecule has 1 aliphatic heterocycles. The summed E-state index contributed by atoms with van der Waals surface area (Å²) in [5.41, 5.74) is 0.333. The van der Waals surface area contributed by atoms with Crippen molar-refractivity contribution in [1.29, 1.82) is 0 Å². The molecule has 0 amide bonds. The lowest BCUT2D eigenvalue weighted by atomic mass is 9.74. The summed E-state index contributed by atoms with van der Waals surface area (Å²) in [5.74, 6) is 0.841. The maximum atomic E-state index is 3.93. The van der Waals surface area contributed by atoms with E-state index in [4.69, 9.17) is 0 Å². The van der Waals surface area contributed by atoms with Gasteiger partial charge in [0, 0.05) is 0 Å². The van der Waals surface area contributed by atoms with Gasteiger partial charge in [-0.1, -0.05) is 26.8 Å². The molecule has 0 spiro atoms. The Hall–Kier alpha value is -0.300. The summed E-state index contributed by atoms with van der Waals surface area (Å²) in [4.78, 5) is 2.54. The molecular weight excluding hydrogens is 158 g/mol. The third-order valence-corrected chi connectivity index (χ3v) is 3.61. The lowest BCUT2D eigenvalue weighted by molar-refractivity contribution is 0.133. The van der Waals surface area contributed by atoms with Gasteiger partial charge in [0.2, 0.25) is 0 Å². The van der Waals surface area contributed by atoms with Gasteiger partial charge in [-0.25, -0.2) is 0 Å². The third-order valence-electron chi connectivity index (χ3n) is 3.61. The molecular formula is C12H23N. The van der Waals surface area contributed by atoms with E-state index in [0.717, 1.165) is 5.92 Å². The van der Waals surface area contributed by atoms with Crippen molar-refractivity contribution in [3.63, 3.8) is 0 Å². The Labute approximate surface area is 82.8 Å². The fourth-order valence-electron chi connectivity index (χ4n) is 2.16. The van der Waals surface area contributed by atoms with Crippen LogP contribution in [0.4, 0.5) is 0 Å². The van der Waals surface area contributed by atoms with E-state index in [2.05, 4.69) is 38.3 Å². The van der Waals surface area contributed by atoms with Crippen molar-refractivity contribution >= 4 is 0 Å². The minimum absolute atomic E-state index is 0.333. The third kappa shape index (κ3) is 2.57. The Morgan fingerprint density at radius 1 is 1.38 bits per heavy atom. The summed E-state index contributed by atoms with van der Waals surface area (Å²) in [6, 6.07) is 0. The lowest BCUT2D eigenvalue weighted by Crippen LogP contribution is -2.38. The molecule has 1 saturated heterocycles. The number of rotatable bonds is 3. The SMILES string of the molecule is C=CC(C)(C)C1CCN(CC)CC1. The zero-order chi connectivity index (χ0) is 9.90. The minimum Gasteiger partial charge on any atom is -0.304 e. The van der Waals surface area contributed by atoms with E-state index in [-0.39, 0.29) is 0 Å². The predicted octanol–water partition coefficient (Wildman–Crippen LogP) is 2.93. The van der Waals surface area contributed by atoms with Crippen molar-refractivity contribution in [2.24, 2.45) is 11.3 Å². The average molecular weight is 181 g/mol. The van der Waals surface area contributed by atoms with Gasteiger partial charge in [0.05, 0.1) is 0 Å². The molecule has 1 heterocycles. The molecule has 0 aromatic carbocycles. The lowest BCUT2D eigenvalue weighted by Gasteiger charge is -2.38. The fourth-order valence-corrected chi connectivity index (χ4v) is 2.16. The summed E-state index contributed by atoms with van der Waals surface area (Å²) < 4.78 is 0. The zero-order valence-corrected chi connectivity index (χ0v) is 9.34. The Morgan fingerprint density at radius 3 is 2.31 bits per heavy atom. The normalized spacial score (nSPS) is 21.8. The molecule has 1 heteroatoms. The largest absolute Gasteiger partial charge is 0.304 e. The van der Waals surface area contributed by atoms with Crippen molar-refractivity contribution in [3.05, 3.63) is 12.7 Å². The molecule has 0 atom stereocenters. The van der Waals surface area contributed by atoms with Gasteiger partial charge in [-0.3, -0.25) is 0 Å². The van der Waals surface area contributed by atoms with Crippen LogP contribution < -0.4 is 0 Å². The average Bonchev–Trinajstić information content (AvgIpc) is 2.18. The van der Waals surface area contributed by atoms with Crippen LogP contribution in [0.1, 0.15) is 33.6 Å². The van der Waals surface area contributed by atoms with Crippen molar-refractivity contribution in [1.82, 2.24) is 4.90 Å². The number of nitrogens with zero attached hydrogens (tertiary/aromatic N) is 1. The molecule has 1 nitrogen and oxygen atoms in total. The minimum atomic E-state index is 0.333. The molecule has 0 saturated carbocycles. The Balaban J connectivity index is 2.45. The van der Waals surface area contributed by atoms with Crippen molar-refractivity contribution in [2.45, 2.75) is 33.6 Å². The number of piperidine rings is 1. The summed E-state index contributed by atoms with van der Waals surface area (Å²) in [6.45, 7) is 14.6. The number of allylic oxidation sites excluding steroid dienone is 1. The molecule has 0 radical (unpaired) electrons. The first-order valence-electron chi connectivity index (χ1n) is 5.46. The van der Waals surface area contributed by atoms with Gasteiger partial charge in [-0.2, -0.15) is 0 Å². The van der Waals surface area contributed by atoms with Crippen LogP contribution in [0.25, 0.3) is 0 Å². The van der Waals surface area contributed by atoms with Crippen molar-refractivity contribution in [3.8, 4) is 0 Å². The maximum absolute atomic E-state index is 3.93. The van der Waals surface area contributed by atoms with Crippen LogP contribution in [-0.2, 0) is 0 Å². The highest BCUT2D eigenvalue weighted by Crippen LogP contribution is 2.35. The standard InChI is InChI=1S/C12H23N/c1-5-12(3,4)11-7-9-13(6-2)10-8-11/h5,11H,1,6-10H2,2-4H3. The van der Waals surface area contributed by atoms with Crippen LogP contribution in [0.15, 0.2) is 12.7 Å². The highest BCUT2D eigenvalue weighted by atomic mass is 15.1. The first kappa shape index (κ1) is 10.8. The van der Waals surface area contributed by atoms with Crippen LogP contribution in [-0.4, -0.2) is 24.5 Å². The van der Waals surface area contributed by atoms with E-state index in [1.807, 2.05) is 0 Å². The highest BCUT2D eigenvalue weighted by molar-refractivity contribution is 4.94. The summed E-state index contributed by atoms with van der Waals surface area (Å²) in [5, 5.41) is 0. The molecule has 0 aromatic heterocycles. The maximum Gasteiger partial charge on any atom is -0.00159 e. The molecule has 0 N–H and O–H groups in total. The molecule has 0 bridgehead atoms. The van der Waals surface area contributed by atoms with E-state index in [9.17, 15) is 0 Å². The van der Waals surface area contributed by atoms with Gasteiger partial charge < -0.3 is 4.90 Å². The van der Waals surface area contributed by atoms with E-state index >= 15 is 0 Å². The van der Waals surface area contributed by atoms with Crippen molar-refractivity contribution in [2.75, 3.05) is 19.6 Å². The second-order valence-corrected chi connectivity index (χ2v) is 4.73. The number of hydrogen-bond donors (Lipinski definition) is 0. The van der Waals surface area contributed by atoms with Gasteiger partial charge >= 0.3 is 0 Å². The topological polar surface area (TPSA) is 3.24 Å². The van der Waals surface area contributed by atoms with Crippen LogP contribution in [0.2, 0.25) is 0 Å². The van der Waals surface area contributed by atoms with Crippen LogP contribution >= 0.6 is 0 Å². The quantitative estimate of drug-likeness (QED) is 0.605. The second kappa shape index (κ2) is 4.28. The van der Waals surface area contributed by atoms with Crippen LogP contribution in [0.3, 0.4) is 0 Å². The summed E-state index contributed by atoms with van der Waals surface area (Å²) in [6.07, 6.45) is 4.80. The number of hydrogen-bond acceptors (Lipinski definition) is 1. The Kier molecular flexibility index (Phi) is 3.55. The monoisotopic (exact) mass is 181 g/mol. The van der Waals surface area contributed by atoms with Crippen LogP contribution in [0.5, 0.6) is 0 Å². The summed E-state index contributed by atoms with van der Waals surface area (Å²) in [7, 11) is 0. The van der Waals surface area contributed by atoms with Gasteiger partial charge in [-0.15, -0.1) is 6.58 Å². The van der Waals surface area contributed by atoms with E-state index in [0.29, 0.717) is 5.41 Å². The molecule has 1 aliphatic rings. The van der Waals surface area contributed by atoms with Crippen LogP contribution in [0, 0.1) is 11.3 Å². The zero-order valence-electron chi connectivity index (χ0n) is 9.34. The molecule has 0 unspecified atom stereocenters. The summed E-state index contributed by atoms with van der Waals surface area (Å²) >= 11 is 0. The van der Waals surface area contributed by atoms with E-state index in [1.165, 1.54) is 32.5 Å². The molecule has 0 aliphatic carbocycles. The van der Waals surface area contributed by atoms with Gasteiger partial charge in [0.25, 0.3) is 0 Å².